The molecule has 0 fully saturated rings. The van der Waals surface area contributed by atoms with E-state index in [0.29, 0.717) is 6.54 Å². The second-order valence-corrected chi connectivity index (χ2v) is 6.85. The van der Waals surface area contributed by atoms with Gasteiger partial charge in [-0.25, -0.2) is 0 Å². The van der Waals surface area contributed by atoms with Crippen molar-refractivity contribution in [3.63, 3.8) is 0 Å². The van der Waals surface area contributed by atoms with Gasteiger partial charge in [0.05, 0.1) is 0 Å². The van der Waals surface area contributed by atoms with Gasteiger partial charge in [0.1, 0.15) is 11.6 Å². The van der Waals surface area contributed by atoms with Crippen LogP contribution in [0.2, 0.25) is 0 Å². The van der Waals surface area contributed by atoms with Crippen molar-refractivity contribution in [2.75, 3.05) is 5.32 Å². The molecular formula is C24H23N3O. The zero-order chi connectivity index (χ0) is 19.9. The van der Waals surface area contributed by atoms with E-state index >= 15 is 0 Å². The summed E-state index contributed by atoms with van der Waals surface area (Å²) in [7, 11) is 0. The number of hydrogen-bond acceptors (Lipinski definition) is 3. The van der Waals surface area contributed by atoms with Crippen molar-refractivity contribution in [2.24, 2.45) is 0 Å². The number of rotatable bonds is 6. The Kier molecular flexibility index (Phi) is 6.08. The number of carbonyl (C=O) groups is 1. The third kappa shape index (κ3) is 4.39. The molecule has 0 saturated carbocycles. The second-order valence-electron chi connectivity index (χ2n) is 6.85. The van der Waals surface area contributed by atoms with Crippen molar-refractivity contribution in [3.05, 3.63) is 90.1 Å². The maximum Gasteiger partial charge on any atom is 0.266 e. The molecule has 0 saturated heterocycles. The molecule has 0 heterocycles. The molecule has 0 spiro atoms. The van der Waals surface area contributed by atoms with Gasteiger partial charge in [0.15, 0.2) is 0 Å². The number of carbonyl (C=O) groups excluding carboxylic acids is 1. The molecule has 0 atom stereocenters. The Morgan fingerprint density at radius 1 is 1.04 bits per heavy atom. The SMILES string of the molecule is CC(C)N(Cc1ccccc1)C(=O)/C(C#N)=C\Nc1cccc2ccccc12. The normalized spacial score (nSPS) is 11.3. The van der Waals surface area contributed by atoms with E-state index in [2.05, 4.69) is 5.32 Å². The third-order valence-electron chi connectivity index (χ3n) is 4.59. The largest absolute Gasteiger partial charge is 0.360 e. The lowest BCUT2D eigenvalue weighted by Crippen LogP contribution is -2.37. The lowest BCUT2D eigenvalue weighted by Gasteiger charge is -2.26. The van der Waals surface area contributed by atoms with Crippen LogP contribution in [0.5, 0.6) is 0 Å². The van der Waals surface area contributed by atoms with Gasteiger partial charge < -0.3 is 10.2 Å². The van der Waals surface area contributed by atoms with Crippen LogP contribution in [0.15, 0.2) is 84.6 Å². The second kappa shape index (κ2) is 8.88. The molecule has 140 valence electrons. The van der Waals surface area contributed by atoms with Gasteiger partial charge in [0.25, 0.3) is 5.91 Å². The molecule has 4 nitrogen and oxygen atoms in total. The van der Waals surface area contributed by atoms with Crippen molar-refractivity contribution >= 4 is 22.4 Å². The zero-order valence-corrected chi connectivity index (χ0v) is 16.1. The first-order valence-corrected chi connectivity index (χ1v) is 9.29. The minimum Gasteiger partial charge on any atom is -0.360 e. The van der Waals surface area contributed by atoms with E-state index < -0.39 is 0 Å². The van der Waals surface area contributed by atoms with Crippen LogP contribution in [-0.2, 0) is 11.3 Å². The van der Waals surface area contributed by atoms with E-state index in [1.165, 1.54) is 6.20 Å². The fourth-order valence-electron chi connectivity index (χ4n) is 3.07. The highest BCUT2D eigenvalue weighted by atomic mass is 16.2. The van der Waals surface area contributed by atoms with E-state index in [0.717, 1.165) is 22.0 Å². The van der Waals surface area contributed by atoms with Gasteiger partial charge in [0, 0.05) is 29.9 Å². The van der Waals surface area contributed by atoms with E-state index in [1.54, 1.807) is 4.90 Å². The Balaban J connectivity index is 1.84. The summed E-state index contributed by atoms with van der Waals surface area (Å²) < 4.78 is 0. The quantitative estimate of drug-likeness (QED) is 0.486. The highest BCUT2D eigenvalue weighted by molar-refractivity contribution is 5.99. The summed E-state index contributed by atoms with van der Waals surface area (Å²) in [5.74, 6) is -0.283. The molecule has 0 unspecified atom stereocenters. The van der Waals surface area contributed by atoms with Crippen molar-refractivity contribution in [3.8, 4) is 6.07 Å². The molecule has 0 aliphatic carbocycles. The van der Waals surface area contributed by atoms with E-state index in [9.17, 15) is 10.1 Å². The van der Waals surface area contributed by atoms with Crippen LogP contribution in [-0.4, -0.2) is 16.8 Å². The molecule has 0 radical (unpaired) electrons. The summed E-state index contributed by atoms with van der Waals surface area (Å²) in [5, 5.41) is 14.9. The molecule has 0 aliphatic heterocycles. The molecule has 1 N–H and O–H groups in total. The fraction of sp³-hybridized carbons (Fsp3) is 0.167. The number of anilines is 1. The number of hydrogen-bond donors (Lipinski definition) is 1. The molecule has 0 aliphatic rings. The van der Waals surface area contributed by atoms with Gasteiger partial charge in [-0.3, -0.25) is 4.79 Å². The molecule has 0 aromatic heterocycles. The molecule has 1 amide bonds. The minimum absolute atomic E-state index is 0.0259. The Morgan fingerprint density at radius 2 is 1.71 bits per heavy atom. The van der Waals surface area contributed by atoms with Crippen molar-refractivity contribution in [1.82, 2.24) is 4.90 Å². The van der Waals surface area contributed by atoms with Crippen LogP contribution >= 0.6 is 0 Å². The predicted molar refractivity (Wildman–Crippen MR) is 113 cm³/mol. The average Bonchev–Trinajstić information content (AvgIpc) is 2.73. The summed E-state index contributed by atoms with van der Waals surface area (Å²) in [6.07, 6.45) is 1.50. The van der Waals surface area contributed by atoms with Gasteiger partial charge in [-0.2, -0.15) is 5.26 Å². The first-order valence-electron chi connectivity index (χ1n) is 9.29. The van der Waals surface area contributed by atoms with Crippen molar-refractivity contribution in [2.45, 2.75) is 26.4 Å². The minimum atomic E-state index is -0.283. The lowest BCUT2D eigenvalue weighted by molar-refractivity contribution is -0.129. The number of amides is 1. The van der Waals surface area contributed by atoms with Crippen LogP contribution in [0.3, 0.4) is 0 Å². The van der Waals surface area contributed by atoms with E-state index in [1.807, 2.05) is 92.7 Å². The molecule has 0 bridgehead atoms. The monoisotopic (exact) mass is 369 g/mol. The first kappa shape index (κ1) is 19.2. The van der Waals surface area contributed by atoms with Gasteiger partial charge in [-0.05, 0) is 30.9 Å². The van der Waals surface area contributed by atoms with Crippen LogP contribution in [0.1, 0.15) is 19.4 Å². The standard InChI is InChI=1S/C24H23N3O/c1-18(2)27(17-19-9-4-3-5-10-19)24(28)21(15-25)16-26-23-14-8-12-20-11-6-7-13-22(20)23/h3-14,16,18,26H,17H2,1-2H3/b21-16-. The number of nitriles is 1. The summed E-state index contributed by atoms with van der Waals surface area (Å²) in [6.45, 7) is 4.37. The summed E-state index contributed by atoms with van der Waals surface area (Å²) >= 11 is 0. The smallest absolute Gasteiger partial charge is 0.266 e. The highest BCUT2D eigenvalue weighted by Crippen LogP contribution is 2.23. The molecule has 4 heteroatoms. The van der Waals surface area contributed by atoms with Gasteiger partial charge in [0.2, 0.25) is 0 Å². The Hall–Kier alpha value is -3.58. The number of benzene rings is 3. The van der Waals surface area contributed by atoms with Crippen LogP contribution in [0, 0.1) is 11.3 Å². The first-order chi connectivity index (χ1) is 13.6. The molecule has 3 aromatic carbocycles. The highest BCUT2D eigenvalue weighted by Gasteiger charge is 2.21. The Morgan fingerprint density at radius 3 is 2.43 bits per heavy atom. The molecular weight excluding hydrogens is 346 g/mol. The van der Waals surface area contributed by atoms with Gasteiger partial charge in [-0.15, -0.1) is 0 Å². The fourth-order valence-corrected chi connectivity index (χ4v) is 3.07. The predicted octanol–water partition coefficient (Wildman–Crippen LogP) is 5.10. The molecule has 28 heavy (non-hydrogen) atoms. The van der Waals surface area contributed by atoms with E-state index in [-0.39, 0.29) is 17.5 Å². The lowest BCUT2D eigenvalue weighted by atomic mass is 10.1. The third-order valence-corrected chi connectivity index (χ3v) is 4.59. The molecule has 3 rings (SSSR count). The van der Waals surface area contributed by atoms with Crippen LogP contribution in [0.25, 0.3) is 10.8 Å². The number of fused-ring (bicyclic) bond motifs is 1. The Bertz CT molecular complexity index is 1030. The maximum absolute atomic E-state index is 13.0. The van der Waals surface area contributed by atoms with Crippen molar-refractivity contribution < 1.29 is 4.79 Å². The van der Waals surface area contributed by atoms with Crippen LogP contribution < -0.4 is 5.32 Å². The van der Waals surface area contributed by atoms with E-state index in [4.69, 9.17) is 0 Å². The summed E-state index contributed by atoms with van der Waals surface area (Å²) in [6, 6.07) is 25.7. The van der Waals surface area contributed by atoms with Gasteiger partial charge in [-0.1, -0.05) is 66.7 Å². The topological polar surface area (TPSA) is 56.1 Å². The summed E-state index contributed by atoms with van der Waals surface area (Å²) in [5.41, 5.74) is 1.97. The van der Waals surface area contributed by atoms with Crippen LogP contribution in [0.4, 0.5) is 5.69 Å². The zero-order valence-electron chi connectivity index (χ0n) is 16.1. The molecule has 3 aromatic rings. The number of nitrogens with one attached hydrogen (secondary N) is 1. The maximum atomic E-state index is 13.0. The van der Waals surface area contributed by atoms with Crippen molar-refractivity contribution in [1.29, 1.82) is 5.26 Å². The number of nitrogens with zero attached hydrogens (tertiary/aromatic N) is 2. The Labute approximate surface area is 165 Å². The average molecular weight is 369 g/mol. The summed E-state index contributed by atoms with van der Waals surface area (Å²) in [4.78, 5) is 14.7. The van der Waals surface area contributed by atoms with Gasteiger partial charge >= 0.3 is 0 Å².